The number of benzene rings is 9. The van der Waals surface area contributed by atoms with E-state index in [4.69, 9.17) is 0 Å². The van der Waals surface area contributed by atoms with Crippen molar-refractivity contribution >= 4 is 45.3 Å². The van der Waals surface area contributed by atoms with Crippen LogP contribution in [0, 0.1) is 0 Å². The molecule has 0 heterocycles. The summed E-state index contributed by atoms with van der Waals surface area (Å²) in [6, 6.07) is 82.9. The molecule has 0 spiro atoms. The summed E-state index contributed by atoms with van der Waals surface area (Å²) in [7, 11) is 0. The number of anilines is 6. The maximum absolute atomic E-state index is 4.03. The van der Waals surface area contributed by atoms with Crippen molar-refractivity contribution in [2.75, 3.05) is 9.80 Å². The summed E-state index contributed by atoms with van der Waals surface area (Å²) in [4.78, 5) is 4.64. The number of hydrogen-bond donors (Lipinski definition) is 0. The lowest BCUT2D eigenvalue weighted by Gasteiger charge is -2.27. The third kappa shape index (κ3) is 10.8. The van der Waals surface area contributed by atoms with Gasteiger partial charge in [0.2, 0.25) is 0 Å². The monoisotopic (exact) mass is 904 g/mol. The lowest BCUT2D eigenvalue weighted by Crippen LogP contribution is -2.10. The van der Waals surface area contributed by atoms with Crippen LogP contribution >= 0.6 is 0 Å². The Morgan fingerprint density at radius 1 is 0.357 bits per heavy atom. The number of para-hydroxylation sites is 2. The zero-order valence-electron chi connectivity index (χ0n) is 40.7. The van der Waals surface area contributed by atoms with Crippen LogP contribution in [0.1, 0.15) is 38.8 Å². The summed E-state index contributed by atoms with van der Waals surface area (Å²) in [5, 5.41) is 0. The largest absolute Gasteiger partial charge is 0.311 e. The van der Waals surface area contributed by atoms with Crippen molar-refractivity contribution in [3.63, 3.8) is 0 Å². The highest BCUT2D eigenvalue weighted by molar-refractivity contribution is 5.91. The molecular formula is C68H60N2. The highest BCUT2D eigenvalue weighted by Gasteiger charge is 2.18. The van der Waals surface area contributed by atoms with Crippen LogP contribution < -0.4 is 9.80 Å². The second-order valence-electron chi connectivity index (χ2n) is 16.5. The van der Waals surface area contributed by atoms with Gasteiger partial charge in [0.05, 0.1) is 0 Å². The van der Waals surface area contributed by atoms with Crippen LogP contribution in [0.15, 0.2) is 280 Å². The van der Waals surface area contributed by atoms with Gasteiger partial charge in [-0.3, -0.25) is 0 Å². The summed E-state index contributed by atoms with van der Waals surface area (Å²) in [6.07, 6.45) is 12.0. The SMILES string of the molecule is C=C/C=C(\C=C)c1ccc(N(c2ccccc2)c2ccc(-c3ccc(-c4ccc(N(c5ccccc5)c5ccc(C(/C=C\C)=C/C)cc5)cc4)cc3)c(-c3cccc(-c4ccccc4)c3)c2)cc1.CC. The molecule has 0 aliphatic heterocycles. The van der Waals surface area contributed by atoms with Gasteiger partial charge in [0.25, 0.3) is 0 Å². The van der Waals surface area contributed by atoms with Crippen LogP contribution in [0.3, 0.4) is 0 Å². The Hall–Kier alpha value is -8.72. The van der Waals surface area contributed by atoms with Gasteiger partial charge in [0.15, 0.2) is 0 Å². The van der Waals surface area contributed by atoms with E-state index >= 15 is 0 Å². The van der Waals surface area contributed by atoms with Crippen molar-refractivity contribution in [1.29, 1.82) is 0 Å². The lowest BCUT2D eigenvalue weighted by atomic mass is 9.91. The summed E-state index contributed by atoms with van der Waals surface area (Å²) in [6.45, 7) is 16.1. The van der Waals surface area contributed by atoms with Gasteiger partial charge in [-0.25, -0.2) is 0 Å². The Morgan fingerprint density at radius 3 is 1.29 bits per heavy atom. The summed E-state index contributed by atoms with van der Waals surface area (Å²) in [5.74, 6) is 0. The molecule has 0 N–H and O–H groups in total. The molecule has 0 amide bonds. The molecule has 0 unspecified atom stereocenters. The van der Waals surface area contributed by atoms with Crippen LogP contribution in [-0.4, -0.2) is 0 Å². The van der Waals surface area contributed by atoms with Gasteiger partial charge in [0.1, 0.15) is 0 Å². The van der Waals surface area contributed by atoms with Gasteiger partial charge in [-0.15, -0.1) is 0 Å². The fourth-order valence-electron chi connectivity index (χ4n) is 8.91. The molecule has 0 bridgehead atoms. The minimum atomic E-state index is 1.03. The van der Waals surface area contributed by atoms with Crippen molar-refractivity contribution in [2.45, 2.75) is 27.7 Å². The van der Waals surface area contributed by atoms with Crippen molar-refractivity contribution < 1.29 is 0 Å². The first-order valence-electron chi connectivity index (χ1n) is 24.2. The Labute approximate surface area is 416 Å². The number of nitrogens with zero attached hydrogens (tertiary/aromatic N) is 2. The van der Waals surface area contributed by atoms with Gasteiger partial charge >= 0.3 is 0 Å². The highest BCUT2D eigenvalue weighted by Crippen LogP contribution is 2.43. The molecule has 9 rings (SSSR count). The van der Waals surface area contributed by atoms with E-state index in [-0.39, 0.29) is 0 Å². The van der Waals surface area contributed by atoms with Crippen LogP contribution in [0.5, 0.6) is 0 Å². The average Bonchev–Trinajstić information content (AvgIpc) is 3.44. The van der Waals surface area contributed by atoms with Crippen LogP contribution in [0.2, 0.25) is 0 Å². The zero-order chi connectivity index (χ0) is 48.7. The second-order valence-corrected chi connectivity index (χ2v) is 16.5. The Bertz CT molecular complexity index is 3210. The molecule has 342 valence electrons. The third-order valence-corrected chi connectivity index (χ3v) is 12.3. The Balaban J connectivity index is 0.00000325. The maximum atomic E-state index is 4.03. The van der Waals surface area contributed by atoms with Crippen LogP contribution in [0.4, 0.5) is 34.1 Å². The number of allylic oxidation sites excluding steroid dienone is 8. The van der Waals surface area contributed by atoms with Crippen LogP contribution in [-0.2, 0) is 0 Å². The first kappa shape index (κ1) is 47.8. The van der Waals surface area contributed by atoms with E-state index in [1.807, 2.05) is 26.0 Å². The highest BCUT2D eigenvalue weighted by atomic mass is 15.1. The van der Waals surface area contributed by atoms with Crippen molar-refractivity contribution in [3.05, 3.63) is 291 Å². The normalized spacial score (nSPS) is 11.4. The van der Waals surface area contributed by atoms with Crippen molar-refractivity contribution in [3.8, 4) is 44.5 Å². The summed E-state index contributed by atoms with van der Waals surface area (Å²) in [5.41, 5.74) is 20.3. The average molecular weight is 905 g/mol. The molecule has 2 nitrogen and oxygen atoms in total. The van der Waals surface area contributed by atoms with E-state index in [0.717, 1.165) is 78.6 Å². The van der Waals surface area contributed by atoms with E-state index in [1.165, 1.54) is 22.3 Å². The minimum absolute atomic E-state index is 1.03. The molecule has 9 aromatic rings. The van der Waals surface area contributed by atoms with E-state index in [1.54, 1.807) is 6.08 Å². The summed E-state index contributed by atoms with van der Waals surface area (Å²) >= 11 is 0. The first-order valence-corrected chi connectivity index (χ1v) is 24.2. The van der Waals surface area contributed by atoms with E-state index < -0.39 is 0 Å². The molecule has 9 aromatic carbocycles. The van der Waals surface area contributed by atoms with E-state index in [0.29, 0.717) is 0 Å². The molecule has 0 saturated carbocycles. The Morgan fingerprint density at radius 2 is 0.771 bits per heavy atom. The molecule has 0 aromatic heterocycles. The van der Waals surface area contributed by atoms with E-state index in [9.17, 15) is 0 Å². The molecule has 2 heteroatoms. The fraction of sp³-hybridized carbons (Fsp3) is 0.0588. The summed E-state index contributed by atoms with van der Waals surface area (Å²) < 4.78 is 0. The van der Waals surface area contributed by atoms with Gasteiger partial charge in [-0.2, -0.15) is 0 Å². The predicted octanol–water partition coefficient (Wildman–Crippen LogP) is 20.1. The quantitative estimate of drug-likeness (QED) is 0.0946. The van der Waals surface area contributed by atoms with Gasteiger partial charge in [-0.1, -0.05) is 215 Å². The standard InChI is InChI=1S/C66H54N2.C2H6/c1-5-19-49(7-3)52-33-39-61(40-34-52)67(59-25-14-10-15-26-59)62-43-37-55(38-44-62)54-29-31-56(32-30-54)65-46-45-64(48-66(65)58-24-18-23-57(47-58)51-21-12-9-13-22-51)68(60-27-16-11-17-28-60)63-41-35-53(36-42-63)50(8-4)20-6-2;1-2/h5-48H,2,4H2,1,3H3;1-2H3/b19-5-,49-7+,50-20+;. The van der Waals surface area contributed by atoms with Gasteiger partial charge in [-0.05, 0) is 159 Å². The molecule has 0 fully saturated rings. The smallest absolute Gasteiger partial charge is 0.0468 e. The fourth-order valence-corrected chi connectivity index (χ4v) is 8.91. The molecule has 70 heavy (non-hydrogen) atoms. The third-order valence-electron chi connectivity index (χ3n) is 12.3. The number of hydrogen-bond acceptors (Lipinski definition) is 2. The zero-order valence-corrected chi connectivity index (χ0v) is 40.7. The molecule has 0 saturated heterocycles. The van der Waals surface area contributed by atoms with Gasteiger partial charge < -0.3 is 9.80 Å². The minimum Gasteiger partial charge on any atom is -0.311 e. The lowest BCUT2D eigenvalue weighted by molar-refractivity contribution is 1.28. The molecular weight excluding hydrogens is 845 g/mol. The second kappa shape index (κ2) is 23.3. The predicted molar refractivity (Wildman–Crippen MR) is 306 cm³/mol. The molecule has 0 aliphatic carbocycles. The molecule has 0 aliphatic rings. The van der Waals surface area contributed by atoms with Crippen molar-refractivity contribution in [2.24, 2.45) is 0 Å². The Kier molecular flexibility index (Phi) is 15.9. The van der Waals surface area contributed by atoms with Crippen molar-refractivity contribution in [1.82, 2.24) is 0 Å². The maximum Gasteiger partial charge on any atom is 0.0468 e. The first-order chi connectivity index (χ1) is 34.5. The van der Waals surface area contributed by atoms with Gasteiger partial charge in [0, 0.05) is 34.1 Å². The van der Waals surface area contributed by atoms with Crippen LogP contribution in [0.25, 0.3) is 55.7 Å². The molecule has 0 radical (unpaired) electrons. The number of rotatable bonds is 15. The molecule has 0 atom stereocenters. The van der Waals surface area contributed by atoms with E-state index in [2.05, 4.69) is 286 Å². The topological polar surface area (TPSA) is 6.48 Å².